The summed E-state index contributed by atoms with van der Waals surface area (Å²) in [4.78, 5) is 12.9. The fourth-order valence-electron chi connectivity index (χ4n) is 3.62. The number of benzene rings is 2. The van der Waals surface area contributed by atoms with Gasteiger partial charge in [-0.15, -0.1) is 0 Å². The fourth-order valence-corrected chi connectivity index (χ4v) is 3.90. The molecule has 2 aliphatic rings. The Balaban J connectivity index is 1.94. The molecule has 1 saturated heterocycles. The van der Waals surface area contributed by atoms with Crippen molar-refractivity contribution in [2.75, 3.05) is 6.61 Å². The zero-order chi connectivity index (χ0) is 17.4. The fraction of sp³-hybridized carbons (Fsp3) is 0.263. The molecule has 4 rings (SSSR count). The van der Waals surface area contributed by atoms with Crippen molar-refractivity contribution >= 4 is 23.3 Å². The van der Waals surface area contributed by atoms with Crippen LogP contribution in [0, 0.1) is 5.92 Å². The normalized spacial score (nSPS) is 26.5. The molecule has 2 heterocycles. The minimum absolute atomic E-state index is 0.305. The van der Waals surface area contributed by atoms with E-state index in [-0.39, 0.29) is 12.0 Å². The van der Waals surface area contributed by atoms with Gasteiger partial charge in [-0.05, 0) is 25.2 Å². The van der Waals surface area contributed by atoms with E-state index in [1.165, 1.54) is 0 Å². The lowest BCUT2D eigenvalue weighted by Gasteiger charge is -2.51. The van der Waals surface area contributed by atoms with Crippen LogP contribution in [0.1, 0.15) is 24.1 Å². The zero-order valence-electron chi connectivity index (χ0n) is 13.7. The molecule has 2 N–H and O–H groups in total. The van der Waals surface area contributed by atoms with Crippen LogP contribution in [0.3, 0.4) is 0 Å². The Labute approximate surface area is 151 Å². The first kappa shape index (κ1) is 15.9. The number of rotatable bonds is 3. The van der Waals surface area contributed by atoms with Crippen LogP contribution < -0.4 is 15.4 Å². The highest BCUT2D eigenvalue weighted by Gasteiger charge is 2.59. The van der Waals surface area contributed by atoms with E-state index in [2.05, 4.69) is 10.6 Å². The first-order valence-corrected chi connectivity index (χ1v) is 8.65. The van der Waals surface area contributed by atoms with Gasteiger partial charge in [0.15, 0.2) is 5.11 Å². The maximum absolute atomic E-state index is 12.9. The Morgan fingerprint density at radius 1 is 1.20 bits per heavy atom. The second kappa shape index (κ2) is 6.04. The maximum atomic E-state index is 12.9. The van der Waals surface area contributed by atoms with E-state index >= 15 is 0 Å². The second-order valence-electron chi connectivity index (χ2n) is 6.05. The van der Waals surface area contributed by atoms with Crippen LogP contribution >= 0.6 is 12.2 Å². The summed E-state index contributed by atoms with van der Waals surface area (Å²) >= 11 is 5.41. The van der Waals surface area contributed by atoms with Gasteiger partial charge in [0.2, 0.25) is 5.72 Å². The zero-order valence-corrected chi connectivity index (χ0v) is 14.5. The number of esters is 1. The molecular weight excluding hydrogens is 336 g/mol. The van der Waals surface area contributed by atoms with Gasteiger partial charge in [-0.1, -0.05) is 48.5 Å². The van der Waals surface area contributed by atoms with Crippen molar-refractivity contribution in [2.24, 2.45) is 5.92 Å². The smallest absolute Gasteiger partial charge is 0.317 e. The van der Waals surface area contributed by atoms with Gasteiger partial charge in [0.05, 0.1) is 12.6 Å². The van der Waals surface area contributed by atoms with Crippen molar-refractivity contribution in [2.45, 2.75) is 18.7 Å². The van der Waals surface area contributed by atoms with Crippen LogP contribution in [0.5, 0.6) is 5.75 Å². The van der Waals surface area contributed by atoms with Crippen molar-refractivity contribution in [3.63, 3.8) is 0 Å². The summed E-state index contributed by atoms with van der Waals surface area (Å²) in [5.41, 5.74) is 0.627. The molecular formula is C19H18N2O3S. The molecule has 0 aromatic heterocycles. The number of hydrogen-bond acceptors (Lipinski definition) is 4. The molecule has 2 aromatic carbocycles. The van der Waals surface area contributed by atoms with E-state index in [1.54, 1.807) is 6.92 Å². The van der Waals surface area contributed by atoms with E-state index in [0.29, 0.717) is 11.7 Å². The van der Waals surface area contributed by atoms with Gasteiger partial charge in [0.25, 0.3) is 0 Å². The van der Waals surface area contributed by atoms with Crippen LogP contribution in [0.25, 0.3) is 0 Å². The van der Waals surface area contributed by atoms with E-state index in [9.17, 15) is 4.79 Å². The van der Waals surface area contributed by atoms with Crippen molar-refractivity contribution in [3.8, 4) is 5.75 Å². The van der Waals surface area contributed by atoms with Gasteiger partial charge in [0, 0.05) is 11.1 Å². The molecule has 2 aliphatic heterocycles. The molecule has 0 aliphatic carbocycles. The number of thiocarbonyl (C=S) groups is 1. The highest BCUT2D eigenvalue weighted by atomic mass is 32.1. The first-order valence-electron chi connectivity index (χ1n) is 8.24. The van der Waals surface area contributed by atoms with Crippen LogP contribution in [0.15, 0.2) is 54.6 Å². The summed E-state index contributed by atoms with van der Waals surface area (Å²) in [6.45, 7) is 2.10. The number of carbonyl (C=O) groups is 1. The summed E-state index contributed by atoms with van der Waals surface area (Å²) in [5, 5.41) is 6.88. The Hall–Kier alpha value is -2.60. The van der Waals surface area contributed by atoms with Crippen LogP contribution in [0.4, 0.5) is 0 Å². The van der Waals surface area contributed by atoms with Gasteiger partial charge < -0.3 is 20.1 Å². The summed E-state index contributed by atoms with van der Waals surface area (Å²) in [6, 6.07) is 17.0. The molecule has 0 unspecified atom stereocenters. The maximum Gasteiger partial charge on any atom is 0.317 e. The molecule has 2 aromatic rings. The standard InChI is InChI=1S/C19H18N2O3S/c1-2-23-17(22)15-16-13-10-6-7-11-14(13)24-19(15,21-18(25)20-16)12-8-4-3-5-9-12/h3-11,15-16H,2H2,1H3,(H2,20,21,25)/t15-,16+,19-/m1/s1. The minimum Gasteiger partial charge on any atom is -0.466 e. The largest absolute Gasteiger partial charge is 0.466 e. The van der Waals surface area contributed by atoms with E-state index < -0.39 is 11.6 Å². The van der Waals surface area contributed by atoms with Crippen molar-refractivity contribution < 1.29 is 14.3 Å². The Kier molecular flexibility index (Phi) is 3.84. The average molecular weight is 354 g/mol. The predicted octanol–water partition coefficient (Wildman–Crippen LogP) is 2.63. The molecule has 0 saturated carbocycles. The first-order chi connectivity index (χ1) is 12.2. The summed E-state index contributed by atoms with van der Waals surface area (Å²) in [5.74, 6) is -0.218. The lowest BCUT2D eigenvalue weighted by Crippen LogP contribution is -2.69. The second-order valence-corrected chi connectivity index (χ2v) is 6.46. The number of hydrogen-bond donors (Lipinski definition) is 2. The third-order valence-electron chi connectivity index (χ3n) is 4.63. The van der Waals surface area contributed by atoms with E-state index in [4.69, 9.17) is 21.7 Å². The van der Waals surface area contributed by atoms with Crippen molar-refractivity contribution in [1.29, 1.82) is 0 Å². The molecule has 0 spiro atoms. The van der Waals surface area contributed by atoms with Gasteiger partial charge in [-0.3, -0.25) is 4.79 Å². The quantitative estimate of drug-likeness (QED) is 0.653. The number of fused-ring (bicyclic) bond motifs is 4. The van der Waals surface area contributed by atoms with E-state index in [1.807, 2.05) is 54.6 Å². The lowest BCUT2D eigenvalue weighted by molar-refractivity contribution is -0.165. The van der Waals surface area contributed by atoms with Crippen LogP contribution in [-0.2, 0) is 15.3 Å². The van der Waals surface area contributed by atoms with Crippen LogP contribution in [-0.4, -0.2) is 17.7 Å². The van der Waals surface area contributed by atoms with Gasteiger partial charge >= 0.3 is 5.97 Å². The number of ether oxygens (including phenoxy) is 2. The van der Waals surface area contributed by atoms with Crippen LogP contribution in [0.2, 0.25) is 0 Å². The molecule has 128 valence electrons. The number of nitrogens with one attached hydrogen (secondary N) is 2. The highest BCUT2D eigenvalue weighted by Crippen LogP contribution is 2.49. The summed E-state index contributed by atoms with van der Waals surface area (Å²) in [6.07, 6.45) is 0. The van der Waals surface area contributed by atoms with Crippen molar-refractivity contribution in [3.05, 3.63) is 65.7 Å². The summed E-state index contributed by atoms with van der Waals surface area (Å²) in [7, 11) is 0. The summed E-state index contributed by atoms with van der Waals surface area (Å²) < 4.78 is 11.8. The Morgan fingerprint density at radius 3 is 2.68 bits per heavy atom. The molecule has 2 bridgehead atoms. The number of carbonyl (C=O) groups excluding carboxylic acids is 1. The third kappa shape index (κ3) is 2.44. The van der Waals surface area contributed by atoms with E-state index in [0.717, 1.165) is 16.9 Å². The molecule has 1 fully saturated rings. The molecule has 0 amide bonds. The number of para-hydroxylation sites is 1. The molecule has 0 radical (unpaired) electrons. The molecule has 25 heavy (non-hydrogen) atoms. The SMILES string of the molecule is CCOC(=O)[C@H]1[C@H]2NC(=S)N[C@]1(c1ccccc1)Oc1ccccc12. The minimum atomic E-state index is -1.10. The lowest BCUT2D eigenvalue weighted by atomic mass is 9.76. The topological polar surface area (TPSA) is 59.6 Å². The molecule has 5 nitrogen and oxygen atoms in total. The van der Waals surface area contributed by atoms with Gasteiger partial charge in [-0.2, -0.15) is 0 Å². The molecule has 6 heteroatoms. The monoisotopic (exact) mass is 354 g/mol. The predicted molar refractivity (Wildman–Crippen MR) is 96.9 cm³/mol. The van der Waals surface area contributed by atoms with Gasteiger partial charge in [-0.25, -0.2) is 0 Å². The van der Waals surface area contributed by atoms with Crippen molar-refractivity contribution in [1.82, 2.24) is 10.6 Å². The molecule has 3 atom stereocenters. The van der Waals surface area contributed by atoms with Gasteiger partial charge in [0.1, 0.15) is 11.7 Å². The third-order valence-corrected chi connectivity index (χ3v) is 4.85. The Morgan fingerprint density at radius 2 is 1.92 bits per heavy atom. The average Bonchev–Trinajstić information content (AvgIpc) is 2.62. The highest BCUT2D eigenvalue weighted by molar-refractivity contribution is 7.80. The Bertz CT molecular complexity index is 826.